The van der Waals surface area contributed by atoms with Gasteiger partial charge in [0.2, 0.25) is 5.88 Å². The lowest BCUT2D eigenvalue weighted by molar-refractivity contribution is -0.140. The summed E-state index contributed by atoms with van der Waals surface area (Å²) in [6.45, 7) is 0.309. The van der Waals surface area contributed by atoms with Crippen LogP contribution in [0.25, 0.3) is 33.8 Å². The summed E-state index contributed by atoms with van der Waals surface area (Å²) in [4.78, 5) is 21.7. The molecule has 6 rings (SSSR count). The van der Waals surface area contributed by atoms with E-state index in [1.807, 2.05) is 0 Å². The number of sulfone groups is 1. The highest BCUT2D eigenvalue weighted by atomic mass is 32.2. The number of alkyl halides is 3. The molecule has 0 N–H and O–H groups in total. The summed E-state index contributed by atoms with van der Waals surface area (Å²) < 4.78 is 71.8. The van der Waals surface area contributed by atoms with Crippen molar-refractivity contribution in [2.75, 3.05) is 13.4 Å². The number of nitrogens with zero attached hydrogens (tertiary/aromatic N) is 8. The Hall–Kier alpha value is -4.40. The van der Waals surface area contributed by atoms with Crippen LogP contribution in [0.1, 0.15) is 35.7 Å². The predicted molar refractivity (Wildman–Crippen MR) is 141 cm³/mol. The molecule has 1 aromatic carbocycles. The van der Waals surface area contributed by atoms with Gasteiger partial charge in [0, 0.05) is 30.1 Å². The number of halogens is 3. The zero-order valence-electron chi connectivity index (χ0n) is 21.9. The minimum absolute atomic E-state index is 0.0956. The van der Waals surface area contributed by atoms with E-state index in [9.17, 15) is 21.6 Å². The highest BCUT2D eigenvalue weighted by Crippen LogP contribution is 2.44. The molecule has 0 amide bonds. The second kappa shape index (κ2) is 9.90. The Kier molecular flexibility index (Phi) is 6.47. The van der Waals surface area contributed by atoms with E-state index in [0.29, 0.717) is 47.1 Å². The average molecular weight is 585 g/mol. The Morgan fingerprint density at radius 1 is 1.05 bits per heavy atom. The van der Waals surface area contributed by atoms with Crippen LogP contribution < -0.4 is 4.74 Å². The summed E-state index contributed by atoms with van der Waals surface area (Å²) in [5.41, 5.74) is 2.04. The minimum atomic E-state index is -4.71. The molecule has 15 heteroatoms. The topological polar surface area (TPSA) is 131 Å². The Morgan fingerprint density at radius 3 is 2.46 bits per heavy atom. The van der Waals surface area contributed by atoms with Gasteiger partial charge in [-0.3, -0.25) is 0 Å². The molecule has 0 saturated heterocycles. The number of hydrogen-bond acceptors (Lipinski definition) is 9. The van der Waals surface area contributed by atoms with Crippen LogP contribution in [0, 0.1) is 0 Å². The molecule has 0 spiro atoms. The molecule has 11 nitrogen and oxygen atoms in total. The van der Waals surface area contributed by atoms with E-state index in [1.54, 1.807) is 41.3 Å². The van der Waals surface area contributed by atoms with Gasteiger partial charge >= 0.3 is 6.18 Å². The maximum atomic E-state index is 13.3. The summed E-state index contributed by atoms with van der Waals surface area (Å²) in [6.07, 6.45) is 3.78. The number of imidazole rings is 1. The first-order valence-electron chi connectivity index (χ1n) is 12.5. The Morgan fingerprint density at radius 2 is 1.80 bits per heavy atom. The third kappa shape index (κ3) is 5.49. The third-order valence-electron chi connectivity index (χ3n) is 6.58. The van der Waals surface area contributed by atoms with Crippen molar-refractivity contribution in [3.05, 3.63) is 66.1 Å². The molecule has 1 fully saturated rings. The van der Waals surface area contributed by atoms with Gasteiger partial charge in [0.15, 0.2) is 27.0 Å². The van der Waals surface area contributed by atoms with Crippen LogP contribution in [0.15, 0.2) is 49.2 Å². The standard InChI is InChI=1S/C26H23F3N8O3S/c1-40-25-20(21(16-7-8-16)31-13-32-25)22-30-9-18-10-33-37(24(18)35-22)11-15-3-5-17(6-4-15)23-34-19(26(27,28)29)12-36(23)14-41(2,38)39/h3-6,9-10,12-13,16H,7-8,11,14H2,1-2H3. The monoisotopic (exact) mass is 584 g/mol. The molecule has 41 heavy (non-hydrogen) atoms. The average Bonchev–Trinajstić information content (AvgIpc) is 3.58. The van der Waals surface area contributed by atoms with Gasteiger partial charge in [0.05, 0.1) is 30.9 Å². The molecule has 0 radical (unpaired) electrons. The maximum absolute atomic E-state index is 13.3. The zero-order chi connectivity index (χ0) is 28.9. The molecule has 0 unspecified atom stereocenters. The van der Waals surface area contributed by atoms with E-state index in [4.69, 9.17) is 9.72 Å². The molecule has 1 aliphatic carbocycles. The second-order valence-corrected chi connectivity index (χ2v) is 12.0. The molecular formula is C26H23F3N8O3S. The summed E-state index contributed by atoms with van der Waals surface area (Å²) in [5.74, 6) is 0.401. The summed E-state index contributed by atoms with van der Waals surface area (Å²) in [7, 11) is -2.08. The highest BCUT2D eigenvalue weighted by Gasteiger charge is 2.35. The van der Waals surface area contributed by atoms with E-state index < -0.39 is 27.6 Å². The molecule has 0 atom stereocenters. The van der Waals surface area contributed by atoms with Crippen LogP contribution >= 0.6 is 0 Å². The largest absolute Gasteiger partial charge is 0.480 e. The molecule has 0 aliphatic heterocycles. The Balaban J connectivity index is 1.32. The van der Waals surface area contributed by atoms with Gasteiger partial charge in [0.1, 0.15) is 23.6 Å². The van der Waals surface area contributed by atoms with Crippen molar-refractivity contribution in [3.8, 4) is 28.7 Å². The summed E-state index contributed by atoms with van der Waals surface area (Å²) in [5, 5.41) is 5.17. The number of fused-ring (bicyclic) bond motifs is 1. The molecular weight excluding hydrogens is 561 g/mol. The molecule has 5 aromatic rings. The normalized spacial score (nSPS) is 14.1. The van der Waals surface area contributed by atoms with Crippen LogP contribution in [0.3, 0.4) is 0 Å². The number of aromatic nitrogens is 8. The number of rotatable bonds is 8. The van der Waals surface area contributed by atoms with E-state index in [1.165, 1.54) is 13.4 Å². The van der Waals surface area contributed by atoms with Crippen molar-refractivity contribution in [2.45, 2.75) is 37.4 Å². The Labute approximate surface area is 232 Å². The predicted octanol–water partition coefficient (Wildman–Crippen LogP) is 4.10. The number of ether oxygens (including phenoxy) is 1. The van der Waals surface area contributed by atoms with Crippen LogP contribution in [0.5, 0.6) is 5.88 Å². The quantitative estimate of drug-likeness (QED) is 0.265. The van der Waals surface area contributed by atoms with Gasteiger partial charge in [-0.15, -0.1) is 0 Å². The zero-order valence-corrected chi connectivity index (χ0v) is 22.7. The number of benzene rings is 1. The van der Waals surface area contributed by atoms with E-state index in [2.05, 4.69) is 25.0 Å². The van der Waals surface area contributed by atoms with Crippen molar-refractivity contribution in [1.82, 2.24) is 39.3 Å². The third-order valence-corrected chi connectivity index (χ3v) is 7.33. The fraction of sp³-hybridized carbons (Fsp3) is 0.308. The van der Waals surface area contributed by atoms with Crippen molar-refractivity contribution < 1.29 is 26.3 Å². The molecule has 1 aliphatic rings. The first-order chi connectivity index (χ1) is 19.5. The van der Waals surface area contributed by atoms with Gasteiger partial charge in [-0.25, -0.2) is 38.0 Å². The number of methoxy groups -OCH3 is 1. The molecule has 212 valence electrons. The summed E-state index contributed by atoms with van der Waals surface area (Å²) in [6, 6.07) is 6.63. The molecule has 1 saturated carbocycles. The van der Waals surface area contributed by atoms with Crippen LogP contribution in [-0.4, -0.2) is 61.1 Å². The van der Waals surface area contributed by atoms with E-state index >= 15 is 0 Å². The fourth-order valence-corrected chi connectivity index (χ4v) is 5.28. The van der Waals surface area contributed by atoms with E-state index in [0.717, 1.165) is 40.3 Å². The Bertz CT molecular complexity index is 1860. The second-order valence-electron chi connectivity index (χ2n) is 9.86. The van der Waals surface area contributed by atoms with E-state index in [-0.39, 0.29) is 5.82 Å². The van der Waals surface area contributed by atoms with Gasteiger partial charge in [0.25, 0.3) is 0 Å². The first kappa shape index (κ1) is 26.8. The van der Waals surface area contributed by atoms with Crippen molar-refractivity contribution in [3.63, 3.8) is 0 Å². The van der Waals surface area contributed by atoms with Crippen LogP contribution in [0.4, 0.5) is 13.2 Å². The van der Waals surface area contributed by atoms with Crippen LogP contribution in [-0.2, 0) is 28.4 Å². The first-order valence-corrected chi connectivity index (χ1v) is 14.6. The van der Waals surface area contributed by atoms with Gasteiger partial charge in [-0.1, -0.05) is 24.3 Å². The lowest BCUT2D eigenvalue weighted by Gasteiger charge is -2.11. The minimum Gasteiger partial charge on any atom is -0.480 e. The molecule has 4 heterocycles. The molecule has 4 aromatic heterocycles. The summed E-state index contributed by atoms with van der Waals surface area (Å²) >= 11 is 0. The lowest BCUT2D eigenvalue weighted by Crippen LogP contribution is -2.09. The van der Waals surface area contributed by atoms with Crippen molar-refractivity contribution >= 4 is 20.9 Å². The highest BCUT2D eigenvalue weighted by molar-refractivity contribution is 7.89. The fourth-order valence-electron chi connectivity index (χ4n) is 4.58. The van der Waals surface area contributed by atoms with Crippen molar-refractivity contribution in [2.24, 2.45) is 0 Å². The number of hydrogen-bond donors (Lipinski definition) is 0. The molecule has 0 bridgehead atoms. The van der Waals surface area contributed by atoms with Gasteiger partial charge < -0.3 is 9.30 Å². The van der Waals surface area contributed by atoms with Crippen LogP contribution in [0.2, 0.25) is 0 Å². The van der Waals surface area contributed by atoms with Gasteiger partial charge in [-0.2, -0.15) is 18.3 Å². The van der Waals surface area contributed by atoms with Crippen molar-refractivity contribution in [1.29, 1.82) is 0 Å². The maximum Gasteiger partial charge on any atom is 0.434 e. The SMILES string of the molecule is COc1ncnc(C2CC2)c1-c1ncc2cnn(Cc3ccc(-c4nc(C(F)(F)F)cn4CS(C)(=O)=O)cc3)c2n1. The lowest BCUT2D eigenvalue weighted by atomic mass is 10.1. The smallest absolute Gasteiger partial charge is 0.434 e. The van der Waals surface area contributed by atoms with Gasteiger partial charge in [-0.05, 0) is 18.4 Å².